The highest BCUT2D eigenvalue weighted by Crippen LogP contribution is 2.23. The van der Waals surface area contributed by atoms with E-state index in [4.69, 9.17) is 0 Å². The molecule has 0 bridgehead atoms. The molecule has 0 radical (unpaired) electrons. The van der Waals surface area contributed by atoms with Crippen molar-refractivity contribution in [3.8, 4) is 0 Å². The van der Waals surface area contributed by atoms with Gasteiger partial charge in [-0.05, 0) is 32.6 Å². The van der Waals surface area contributed by atoms with Gasteiger partial charge in [-0.25, -0.2) is 0 Å². The fraction of sp³-hybridized carbons (Fsp3) is 0.828. The molecule has 0 fully saturated rings. The van der Waals surface area contributed by atoms with Gasteiger partial charge in [0.15, 0.2) is 6.17 Å². The maximum atomic E-state index is 11.2. The Kier molecular flexibility index (Phi) is 18.1. The Morgan fingerprint density at radius 2 is 1.39 bits per heavy atom. The van der Waals surface area contributed by atoms with Crippen LogP contribution >= 0.6 is 0 Å². The van der Waals surface area contributed by atoms with E-state index in [1.165, 1.54) is 109 Å². The topological polar surface area (TPSA) is 41.1 Å². The summed E-state index contributed by atoms with van der Waals surface area (Å²) in [5.41, 5.74) is 0. The van der Waals surface area contributed by atoms with E-state index in [0.29, 0.717) is 6.17 Å². The van der Waals surface area contributed by atoms with Gasteiger partial charge < -0.3 is 10.6 Å². The standard InChI is InChI=1S/C29H55N3O/c1-4-6-7-8-9-10-11-12-13-14-15-16-17-18-19-20-21-22-23-29-31-25-27-32(29,5-2)26-24-30-28(3)33/h6-7,25,27,29,31H,4-5,8-24,26H2,1-3H3/p+1/b7-6+. The van der Waals surface area contributed by atoms with Crippen molar-refractivity contribution in [2.24, 2.45) is 0 Å². The number of amides is 1. The lowest BCUT2D eigenvalue weighted by molar-refractivity contribution is -0.898. The number of nitrogens with zero attached hydrogens (tertiary/aromatic N) is 1. The Hall–Kier alpha value is -1.29. The van der Waals surface area contributed by atoms with Crippen LogP contribution in [0.1, 0.15) is 130 Å². The molecule has 1 rings (SSSR count). The van der Waals surface area contributed by atoms with Gasteiger partial charge >= 0.3 is 0 Å². The highest BCUT2D eigenvalue weighted by molar-refractivity contribution is 5.72. The number of hydrogen-bond acceptors (Lipinski definition) is 2. The van der Waals surface area contributed by atoms with Gasteiger partial charge in [0.05, 0.1) is 19.3 Å². The first-order valence-electron chi connectivity index (χ1n) is 14.3. The number of quaternary nitrogens is 1. The lowest BCUT2D eigenvalue weighted by atomic mass is 10.0. The Bertz CT molecular complexity index is 531. The molecule has 0 saturated carbocycles. The molecule has 1 amide bonds. The number of unbranched alkanes of at least 4 members (excludes halogenated alkanes) is 14. The summed E-state index contributed by atoms with van der Waals surface area (Å²) >= 11 is 0. The maximum absolute atomic E-state index is 11.2. The van der Waals surface area contributed by atoms with E-state index in [9.17, 15) is 4.79 Å². The van der Waals surface area contributed by atoms with Crippen LogP contribution in [0.3, 0.4) is 0 Å². The van der Waals surface area contributed by atoms with E-state index in [-0.39, 0.29) is 5.91 Å². The Labute approximate surface area is 206 Å². The second-order valence-electron chi connectivity index (χ2n) is 10.0. The van der Waals surface area contributed by atoms with Crippen LogP contribution in [0.15, 0.2) is 24.6 Å². The summed E-state index contributed by atoms with van der Waals surface area (Å²) in [5.74, 6) is 0.0680. The third kappa shape index (κ3) is 14.6. The predicted octanol–water partition coefficient (Wildman–Crippen LogP) is 7.57. The molecule has 2 unspecified atom stereocenters. The lowest BCUT2D eigenvalue weighted by Crippen LogP contribution is -2.55. The van der Waals surface area contributed by atoms with Gasteiger partial charge in [-0.2, -0.15) is 0 Å². The van der Waals surface area contributed by atoms with Crippen LogP contribution in [0.25, 0.3) is 0 Å². The second-order valence-corrected chi connectivity index (χ2v) is 10.0. The molecule has 0 spiro atoms. The monoisotopic (exact) mass is 462 g/mol. The van der Waals surface area contributed by atoms with Crippen molar-refractivity contribution in [1.82, 2.24) is 10.6 Å². The third-order valence-electron chi connectivity index (χ3n) is 7.27. The summed E-state index contributed by atoms with van der Waals surface area (Å²) < 4.78 is 0.955. The number of rotatable bonds is 22. The smallest absolute Gasteiger partial charge is 0.217 e. The van der Waals surface area contributed by atoms with E-state index in [1.807, 2.05) is 0 Å². The minimum Gasteiger partial charge on any atom is -0.351 e. The first-order valence-corrected chi connectivity index (χ1v) is 14.3. The van der Waals surface area contributed by atoms with Crippen LogP contribution in [0.5, 0.6) is 0 Å². The molecule has 0 aliphatic carbocycles. The summed E-state index contributed by atoms with van der Waals surface area (Å²) in [6, 6.07) is 0. The van der Waals surface area contributed by atoms with Crippen LogP contribution < -0.4 is 10.6 Å². The fourth-order valence-corrected chi connectivity index (χ4v) is 5.06. The molecule has 0 aromatic carbocycles. The van der Waals surface area contributed by atoms with Gasteiger partial charge in [0.2, 0.25) is 5.91 Å². The first kappa shape index (κ1) is 29.7. The van der Waals surface area contributed by atoms with Crippen molar-refractivity contribution in [3.05, 3.63) is 24.6 Å². The van der Waals surface area contributed by atoms with Crippen molar-refractivity contribution < 1.29 is 9.28 Å². The number of carbonyl (C=O) groups excluding carboxylic acids is 1. The molecule has 0 saturated heterocycles. The minimum atomic E-state index is 0.0680. The van der Waals surface area contributed by atoms with Gasteiger partial charge in [-0.1, -0.05) is 96.1 Å². The van der Waals surface area contributed by atoms with Gasteiger partial charge in [-0.3, -0.25) is 9.28 Å². The quantitative estimate of drug-likeness (QED) is 0.0989. The zero-order chi connectivity index (χ0) is 24.0. The Morgan fingerprint density at radius 1 is 0.848 bits per heavy atom. The number of nitrogens with one attached hydrogen (secondary N) is 2. The van der Waals surface area contributed by atoms with E-state index >= 15 is 0 Å². The van der Waals surface area contributed by atoms with Crippen molar-refractivity contribution >= 4 is 5.91 Å². The van der Waals surface area contributed by atoms with E-state index in [2.05, 4.69) is 49.0 Å². The summed E-state index contributed by atoms with van der Waals surface area (Å²) in [6.07, 6.45) is 32.9. The summed E-state index contributed by atoms with van der Waals surface area (Å²) in [6.45, 7) is 8.86. The molecule has 2 N–H and O–H groups in total. The lowest BCUT2D eigenvalue weighted by Gasteiger charge is -2.37. The molecule has 192 valence electrons. The van der Waals surface area contributed by atoms with E-state index in [1.54, 1.807) is 6.92 Å². The highest BCUT2D eigenvalue weighted by Gasteiger charge is 2.36. The fourth-order valence-electron chi connectivity index (χ4n) is 5.06. The normalized spacial score (nSPS) is 19.9. The molecule has 4 nitrogen and oxygen atoms in total. The molecule has 2 atom stereocenters. The highest BCUT2D eigenvalue weighted by atomic mass is 16.1. The van der Waals surface area contributed by atoms with Crippen LogP contribution in [0, 0.1) is 0 Å². The Balaban J connectivity index is 1.91. The predicted molar refractivity (Wildman–Crippen MR) is 144 cm³/mol. The molecule has 0 aromatic rings. The maximum Gasteiger partial charge on any atom is 0.217 e. The van der Waals surface area contributed by atoms with Gasteiger partial charge in [-0.15, -0.1) is 0 Å². The molecular weight excluding hydrogens is 406 g/mol. The largest absolute Gasteiger partial charge is 0.351 e. The van der Waals surface area contributed by atoms with Crippen LogP contribution in [0.2, 0.25) is 0 Å². The zero-order valence-corrected chi connectivity index (χ0v) is 22.4. The van der Waals surface area contributed by atoms with Crippen molar-refractivity contribution in [2.45, 2.75) is 136 Å². The van der Waals surface area contributed by atoms with Crippen molar-refractivity contribution in [3.63, 3.8) is 0 Å². The van der Waals surface area contributed by atoms with E-state index in [0.717, 1.165) is 24.1 Å². The average Bonchev–Trinajstić information content (AvgIpc) is 3.21. The molecule has 1 aliphatic heterocycles. The van der Waals surface area contributed by atoms with Crippen LogP contribution in [-0.2, 0) is 4.79 Å². The zero-order valence-electron chi connectivity index (χ0n) is 22.4. The van der Waals surface area contributed by atoms with Gasteiger partial charge in [0.25, 0.3) is 0 Å². The van der Waals surface area contributed by atoms with Crippen LogP contribution in [-0.4, -0.2) is 36.2 Å². The van der Waals surface area contributed by atoms with Crippen LogP contribution in [0.4, 0.5) is 0 Å². The number of hydrogen-bond donors (Lipinski definition) is 2. The number of carbonyl (C=O) groups is 1. The average molecular weight is 463 g/mol. The minimum absolute atomic E-state index is 0.0680. The third-order valence-corrected chi connectivity index (χ3v) is 7.27. The molecule has 4 heteroatoms. The second kappa shape index (κ2) is 20.1. The molecule has 0 aromatic heterocycles. The summed E-state index contributed by atoms with van der Waals surface area (Å²) in [7, 11) is 0. The van der Waals surface area contributed by atoms with Crippen molar-refractivity contribution in [2.75, 3.05) is 19.6 Å². The first-order chi connectivity index (χ1) is 16.1. The number of allylic oxidation sites excluding steroid dienone is 2. The molecule has 1 aliphatic rings. The SMILES string of the molecule is CC/C=C/CCCCCCCCCCCCCCCCC1NC=C[N+]1(CC)CCNC(C)=O. The van der Waals surface area contributed by atoms with Gasteiger partial charge in [0, 0.05) is 13.3 Å². The molecule has 33 heavy (non-hydrogen) atoms. The van der Waals surface area contributed by atoms with Gasteiger partial charge in [0.1, 0.15) is 12.7 Å². The molecule has 1 heterocycles. The summed E-state index contributed by atoms with van der Waals surface area (Å²) in [5, 5.41) is 6.53. The molecular formula is C29H56N3O+. The van der Waals surface area contributed by atoms with Crippen molar-refractivity contribution in [1.29, 1.82) is 0 Å². The van der Waals surface area contributed by atoms with E-state index < -0.39 is 0 Å². The Morgan fingerprint density at radius 3 is 1.91 bits per heavy atom. The number of likely N-dealkylation sites (N-methyl/N-ethyl adjacent to an activating group) is 1. The summed E-state index contributed by atoms with van der Waals surface area (Å²) in [4.78, 5) is 11.2.